The number of hydrogen-bond acceptors (Lipinski definition) is 4. The number of carbonyl (C=O) groups is 2. The first-order valence-electron chi connectivity index (χ1n) is 10.5. The minimum absolute atomic E-state index is 0.0371. The van der Waals surface area contributed by atoms with Gasteiger partial charge in [0.2, 0.25) is 5.91 Å². The molecule has 1 fully saturated rings. The van der Waals surface area contributed by atoms with Crippen molar-refractivity contribution in [3.8, 4) is 0 Å². The van der Waals surface area contributed by atoms with Crippen LogP contribution in [0, 0.1) is 11.6 Å². The van der Waals surface area contributed by atoms with Gasteiger partial charge >= 0.3 is 0 Å². The third kappa shape index (κ3) is 5.56. The molecule has 8 heteroatoms. The van der Waals surface area contributed by atoms with Crippen LogP contribution in [0.1, 0.15) is 45.4 Å². The molecule has 1 saturated heterocycles. The molecule has 4 rings (SSSR count). The largest absolute Gasteiger partial charge is 0.347 e. The van der Waals surface area contributed by atoms with E-state index in [1.807, 2.05) is 4.90 Å². The molecular formula is C24H23F2N3O2S. The van der Waals surface area contributed by atoms with Crippen molar-refractivity contribution in [2.75, 3.05) is 13.1 Å². The Kier molecular flexibility index (Phi) is 6.90. The van der Waals surface area contributed by atoms with Crippen LogP contribution in [0.25, 0.3) is 0 Å². The number of aromatic nitrogens is 1. The van der Waals surface area contributed by atoms with Gasteiger partial charge in [-0.2, -0.15) is 0 Å². The summed E-state index contributed by atoms with van der Waals surface area (Å²) in [6.45, 7) is 1.58. The zero-order valence-electron chi connectivity index (χ0n) is 17.4. The Morgan fingerprint density at radius 2 is 1.56 bits per heavy atom. The third-order valence-electron chi connectivity index (χ3n) is 5.59. The van der Waals surface area contributed by atoms with Crippen LogP contribution < -0.4 is 5.32 Å². The Morgan fingerprint density at radius 3 is 2.19 bits per heavy atom. The molecule has 0 radical (unpaired) electrons. The Hall–Kier alpha value is -3.13. The predicted molar refractivity (Wildman–Crippen MR) is 118 cm³/mol. The number of carbonyl (C=O) groups excluding carboxylic acids is 2. The zero-order chi connectivity index (χ0) is 22.5. The van der Waals surface area contributed by atoms with E-state index >= 15 is 0 Å². The number of thiazole rings is 1. The van der Waals surface area contributed by atoms with Crippen molar-refractivity contribution >= 4 is 23.2 Å². The van der Waals surface area contributed by atoms with E-state index < -0.39 is 0 Å². The topological polar surface area (TPSA) is 62.3 Å². The lowest BCUT2D eigenvalue weighted by Gasteiger charge is -2.31. The molecule has 2 heterocycles. The molecular weight excluding hydrogens is 432 g/mol. The zero-order valence-corrected chi connectivity index (χ0v) is 18.2. The molecule has 1 aliphatic rings. The SMILES string of the molecule is O=C(NCc1ccc(F)cc1)c1csc(C2CCN(C(=O)Cc3ccc(F)cc3)CC2)n1. The maximum atomic E-state index is 13.0. The molecule has 0 bridgehead atoms. The second-order valence-electron chi connectivity index (χ2n) is 7.84. The summed E-state index contributed by atoms with van der Waals surface area (Å²) in [7, 11) is 0. The third-order valence-corrected chi connectivity index (χ3v) is 6.59. The second-order valence-corrected chi connectivity index (χ2v) is 8.73. The molecule has 166 valence electrons. The van der Waals surface area contributed by atoms with Gasteiger partial charge in [0.1, 0.15) is 17.3 Å². The average Bonchev–Trinajstić information content (AvgIpc) is 3.30. The first-order chi connectivity index (χ1) is 15.5. The van der Waals surface area contributed by atoms with Crippen LogP contribution in [0.15, 0.2) is 53.9 Å². The monoisotopic (exact) mass is 455 g/mol. The number of amides is 2. The average molecular weight is 456 g/mol. The van der Waals surface area contributed by atoms with Crippen LogP contribution in [0.2, 0.25) is 0 Å². The van der Waals surface area contributed by atoms with Gasteiger partial charge in [-0.15, -0.1) is 11.3 Å². The minimum atomic E-state index is -0.313. The number of piperidine rings is 1. The lowest BCUT2D eigenvalue weighted by Crippen LogP contribution is -2.38. The number of benzene rings is 2. The summed E-state index contributed by atoms with van der Waals surface area (Å²) in [5, 5.41) is 5.46. The summed E-state index contributed by atoms with van der Waals surface area (Å²) >= 11 is 1.46. The number of likely N-dealkylation sites (tertiary alicyclic amines) is 1. The minimum Gasteiger partial charge on any atom is -0.347 e. The number of nitrogens with one attached hydrogen (secondary N) is 1. The first kappa shape index (κ1) is 22.1. The van der Waals surface area contributed by atoms with E-state index in [2.05, 4.69) is 10.3 Å². The highest BCUT2D eigenvalue weighted by Gasteiger charge is 2.26. The summed E-state index contributed by atoms with van der Waals surface area (Å²) in [6, 6.07) is 12.0. The van der Waals surface area contributed by atoms with E-state index in [1.165, 1.54) is 35.6 Å². The fourth-order valence-corrected chi connectivity index (χ4v) is 4.69. The van der Waals surface area contributed by atoms with Gasteiger partial charge in [0, 0.05) is 30.9 Å². The Labute approximate surface area is 189 Å². The van der Waals surface area contributed by atoms with Crippen LogP contribution in [0.4, 0.5) is 8.78 Å². The number of hydrogen-bond donors (Lipinski definition) is 1. The molecule has 0 aliphatic carbocycles. The van der Waals surface area contributed by atoms with Crippen LogP contribution in [-0.4, -0.2) is 34.8 Å². The molecule has 1 aliphatic heterocycles. The molecule has 0 spiro atoms. The summed E-state index contributed by atoms with van der Waals surface area (Å²) in [4.78, 5) is 31.3. The molecule has 1 N–H and O–H groups in total. The van der Waals surface area contributed by atoms with Crippen molar-refractivity contribution in [3.63, 3.8) is 0 Å². The predicted octanol–water partition coefficient (Wildman–Crippen LogP) is 4.30. The fourth-order valence-electron chi connectivity index (χ4n) is 3.72. The summed E-state index contributed by atoms with van der Waals surface area (Å²) in [5.74, 6) is -0.631. The van der Waals surface area contributed by atoms with Crippen molar-refractivity contribution in [2.45, 2.75) is 31.7 Å². The summed E-state index contributed by atoms with van der Waals surface area (Å²) in [5.41, 5.74) is 1.99. The Bertz CT molecular complexity index is 1080. The lowest BCUT2D eigenvalue weighted by molar-refractivity contribution is -0.131. The molecule has 1 aromatic heterocycles. The van der Waals surface area contributed by atoms with E-state index in [0.717, 1.165) is 29.0 Å². The van der Waals surface area contributed by atoms with Gasteiger partial charge < -0.3 is 10.2 Å². The van der Waals surface area contributed by atoms with E-state index in [1.54, 1.807) is 29.6 Å². The van der Waals surface area contributed by atoms with Crippen LogP contribution in [0.5, 0.6) is 0 Å². The molecule has 0 saturated carbocycles. The number of halogens is 2. The highest BCUT2D eigenvalue weighted by molar-refractivity contribution is 7.09. The molecule has 0 unspecified atom stereocenters. The number of rotatable bonds is 6. The van der Waals surface area contributed by atoms with Gasteiger partial charge in [-0.25, -0.2) is 13.8 Å². The van der Waals surface area contributed by atoms with Crippen molar-refractivity contribution in [3.05, 3.63) is 87.4 Å². The second kappa shape index (κ2) is 9.99. The molecule has 2 aromatic carbocycles. The first-order valence-corrected chi connectivity index (χ1v) is 11.4. The lowest BCUT2D eigenvalue weighted by atomic mass is 9.97. The number of nitrogens with zero attached hydrogens (tertiary/aromatic N) is 2. The van der Waals surface area contributed by atoms with Crippen molar-refractivity contribution in [2.24, 2.45) is 0 Å². The van der Waals surface area contributed by atoms with E-state index in [-0.39, 0.29) is 35.8 Å². The van der Waals surface area contributed by atoms with Gasteiger partial charge in [-0.1, -0.05) is 24.3 Å². The Balaban J connectivity index is 1.26. The van der Waals surface area contributed by atoms with Crippen LogP contribution >= 0.6 is 11.3 Å². The normalized spacial score (nSPS) is 14.4. The van der Waals surface area contributed by atoms with Crippen molar-refractivity contribution in [1.82, 2.24) is 15.2 Å². The Morgan fingerprint density at radius 1 is 0.969 bits per heavy atom. The van der Waals surface area contributed by atoms with E-state index in [4.69, 9.17) is 0 Å². The van der Waals surface area contributed by atoms with Crippen LogP contribution in [-0.2, 0) is 17.8 Å². The molecule has 0 atom stereocenters. The van der Waals surface area contributed by atoms with Gasteiger partial charge in [-0.05, 0) is 48.2 Å². The summed E-state index contributed by atoms with van der Waals surface area (Å²) < 4.78 is 26.0. The quantitative estimate of drug-likeness (QED) is 0.603. The van der Waals surface area contributed by atoms with Gasteiger partial charge in [-0.3, -0.25) is 9.59 Å². The molecule has 2 amide bonds. The van der Waals surface area contributed by atoms with Crippen LogP contribution in [0.3, 0.4) is 0 Å². The van der Waals surface area contributed by atoms with E-state index in [9.17, 15) is 18.4 Å². The standard InChI is InChI=1S/C24H23F2N3O2S/c25-19-5-1-16(2-6-19)13-22(30)29-11-9-18(10-12-29)24-28-21(15-32-24)23(31)27-14-17-3-7-20(26)8-4-17/h1-8,15,18H,9-14H2,(H,27,31). The van der Waals surface area contributed by atoms with Gasteiger partial charge in [0.05, 0.1) is 11.4 Å². The molecule has 3 aromatic rings. The van der Waals surface area contributed by atoms with Crippen molar-refractivity contribution in [1.29, 1.82) is 0 Å². The summed E-state index contributed by atoms with van der Waals surface area (Å²) in [6.07, 6.45) is 1.85. The highest BCUT2D eigenvalue weighted by atomic mass is 32.1. The van der Waals surface area contributed by atoms with Crippen molar-refractivity contribution < 1.29 is 18.4 Å². The maximum absolute atomic E-state index is 13.0. The highest BCUT2D eigenvalue weighted by Crippen LogP contribution is 2.30. The fraction of sp³-hybridized carbons (Fsp3) is 0.292. The van der Waals surface area contributed by atoms with Gasteiger partial charge in [0.25, 0.3) is 5.91 Å². The molecule has 32 heavy (non-hydrogen) atoms. The molecule has 5 nitrogen and oxygen atoms in total. The van der Waals surface area contributed by atoms with E-state index in [0.29, 0.717) is 25.3 Å². The smallest absolute Gasteiger partial charge is 0.271 e. The van der Waals surface area contributed by atoms with Gasteiger partial charge in [0.15, 0.2) is 0 Å². The maximum Gasteiger partial charge on any atom is 0.271 e.